The van der Waals surface area contributed by atoms with E-state index in [1.165, 1.54) is 0 Å². The number of carbonyl (C=O) groups is 1. The number of halogens is 1. The maximum atomic E-state index is 12.9. The van der Waals surface area contributed by atoms with Crippen molar-refractivity contribution in [3.8, 4) is 0 Å². The number of nitrogens with one attached hydrogen (secondary N) is 1. The summed E-state index contributed by atoms with van der Waals surface area (Å²) in [6, 6.07) is 14.8. The summed E-state index contributed by atoms with van der Waals surface area (Å²) in [5, 5.41) is 4.65. The Bertz CT molecular complexity index is 843. The van der Waals surface area contributed by atoms with E-state index in [0.717, 1.165) is 20.8 Å². The van der Waals surface area contributed by atoms with Crippen LogP contribution in [0.3, 0.4) is 0 Å². The average molecular weight is 374 g/mol. The lowest BCUT2D eigenvalue weighted by atomic mass is 10.0. The van der Waals surface area contributed by atoms with Crippen molar-refractivity contribution in [2.24, 2.45) is 0 Å². The molecule has 0 radical (unpaired) electrons. The topological polar surface area (TPSA) is 45.2 Å². The number of para-hydroxylation sites is 1. The van der Waals surface area contributed by atoms with E-state index in [4.69, 9.17) is 11.6 Å². The second-order valence-electron chi connectivity index (χ2n) is 6.17. The second-order valence-corrected chi connectivity index (χ2v) is 7.67. The van der Waals surface area contributed by atoms with Crippen LogP contribution in [0.2, 0.25) is 5.02 Å². The van der Waals surface area contributed by atoms with Gasteiger partial charge in [-0.2, -0.15) is 0 Å². The minimum atomic E-state index is -0.380. The number of carbonyl (C=O) groups excluding carboxylic acids is 1. The Morgan fingerprint density at radius 1 is 1.16 bits per heavy atom. The first-order chi connectivity index (χ1) is 12.0. The smallest absolute Gasteiger partial charge is 0.242 e. The van der Waals surface area contributed by atoms with Crippen LogP contribution in [0, 0.1) is 0 Å². The van der Waals surface area contributed by atoms with E-state index < -0.39 is 0 Å². The molecule has 3 aromatic rings. The Kier molecular flexibility index (Phi) is 5.37. The van der Waals surface area contributed by atoms with Gasteiger partial charge in [0.15, 0.2) is 0 Å². The summed E-state index contributed by atoms with van der Waals surface area (Å²) < 4.78 is 1.13. The molecular weight excluding hydrogens is 354 g/mol. The quantitative estimate of drug-likeness (QED) is 0.719. The first-order valence-electron chi connectivity index (χ1n) is 8.03. The summed E-state index contributed by atoms with van der Waals surface area (Å²) in [7, 11) is 3.78. The molecule has 130 valence electrons. The van der Waals surface area contributed by atoms with Crippen molar-refractivity contribution in [1.82, 2.24) is 15.2 Å². The molecule has 0 aliphatic carbocycles. The summed E-state index contributed by atoms with van der Waals surface area (Å²) in [5.41, 5.74) is 1.87. The van der Waals surface area contributed by atoms with E-state index in [1.807, 2.05) is 62.3 Å². The first kappa shape index (κ1) is 17.9. The fourth-order valence-electron chi connectivity index (χ4n) is 2.76. The number of rotatable bonds is 5. The van der Waals surface area contributed by atoms with Crippen molar-refractivity contribution < 1.29 is 4.79 Å². The monoisotopic (exact) mass is 373 g/mol. The van der Waals surface area contributed by atoms with Gasteiger partial charge in [-0.3, -0.25) is 9.69 Å². The molecule has 3 rings (SSSR count). The molecule has 0 aliphatic heterocycles. The van der Waals surface area contributed by atoms with E-state index in [9.17, 15) is 4.79 Å². The van der Waals surface area contributed by atoms with Crippen molar-refractivity contribution in [1.29, 1.82) is 0 Å². The van der Waals surface area contributed by atoms with Gasteiger partial charge in [0.1, 0.15) is 11.0 Å². The zero-order valence-corrected chi connectivity index (χ0v) is 15.9. The molecule has 0 bridgehead atoms. The molecule has 1 amide bonds. The van der Waals surface area contributed by atoms with Gasteiger partial charge in [-0.1, -0.05) is 35.9 Å². The number of fused-ring (bicyclic) bond motifs is 1. The van der Waals surface area contributed by atoms with Crippen LogP contribution in [0.4, 0.5) is 0 Å². The van der Waals surface area contributed by atoms with E-state index in [2.05, 4.69) is 10.3 Å². The minimum Gasteiger partial charge on any atom is -0.345 e. The number of amides is 1. The van der Waals surface area contributed by atoms with Crippen LogP contribution in [0.1, 0.15) is 29.6 Å². The normalized spacial score (nSPS) is 13.8. The summed E-state index contributed by atoms with van der Waals surface area (Å²) in [6.45, 7) is 1.96. The fraction of sp³-hybridized carbons (Fsp3) is 0.263. The van der Waals surface area contributed by atoms with Gasteiger partial charge in [0, 0.05) is 5.02 Å². The molecular formula is C19H20ClN3OS. The zero-order valence-electron chi connectivity index (χ0n) is 14.4. The van der Waals surface area contributed by atoms with E-state index in [-0.39, 0.29) is 18.0 Å². The van der Waals surface area contributed by atoms with E-state index in [1.54, 1.807) is 23.5 Å². The van der Waals surface area contributed by atoms with Crippen LogP contribution >= 0.6 is 22.9 Å². The maximum Gasteiger partial charge on any atom is 0.242 e. The fourth-order valence-corrected chi connectivity index (χ4v) is 3.85. The molecule has 2 aromatic carbocycles. The number of likely N-dealkylation sites (N-methyl/N-ethyl adjacent to an activating group) is 1. The molecule has 4 nitrogen and oxygen atoms in total. The maximum absolute atomic E-state index is 12.9. The van der Waals surface area contributed by atoms with Crippen LogP contribution < -0.4 is 5.32 Å². The number of nitrogens with zero attached hydrogens (tertiary/aromatic N) is 2. The molecule has 25 heavy (non-hydrogen) atoms. The molecule has 0 saturated heterocycles. The van der Waals surface area contributed by atoms with Crippen molar-refractivity contribution in [2.45, 2.75) is 19.0 Å². The predicted molar refractivity (Wildman–Crippen MR) is 104 cm³/mol. The molecule has 2 atom stereocenters. The van der Waals surface area contributed by atoms with Gasteiger partial charge in [-0.05, 0) is 50.8 Å². The zero-order chi connectivity index (χ0) is 18.0. The van der Waals surface area contributed by atoms with Crippen LogP contribution in [-0.2, 0) is 4.79 Å². The van der Waals surface area contributed by atoms with Crippen molar-refractivity contribution in [2.75, 3.05) is 14.1 Å². The summed E-state index contributed by atoms with van der Waals surface area (Å²) in [5.74, 6) is -0.0564. The highest BCUT2D eigenvalue weighted by atomic mass is 35.5. The van der Waals surface area contributed by atoms with Gasteiger partial charge in [-0.25, -0.2) is 4.98 Å². The standard InChI is InChI=1S/C19H20ClN3OS/c1-12(19-22-15-6-4-5-7-16(15)25-19)21-18(24)17(23(2)3)13-8-10-14(20)11-9-13/h4-12,17H,1-3H3,(H,21,24). The third-order valence-electron chi connectivity index (χ3n) is 3.99. The first-order valence-corrected chi connectivity index (χ1v) is 9.23. The van der Waals surface area contributed by atoms with Gasteiger partial charge in [-0.15, -0.1) is 11.3 Å². The molecule has 0 fully saturated rings. The van der Waals surface area contributed by atoms with Gasteiger partial charge in [0.25, 0.3) is 0 Å². The molecule has 1 heterocycles. The molecule has 0 aliphatic rings. The lowest BCUT2D eigenvalue weighted by Crippen LogP contribution is -2.38. The number of benzene rings is 2. The van der Waals surface area contributed by atoms with Gasteiger partial charge in [0.05, 0.1) is 16.3 Å². The van der Waals surface area contributed by atoms with Gasteiger partial charge < -0.3 is 5.32 Å². The van der Waals surface area contributed by atoms with Crippen LogP contribution in [-0.4, -0.2) is 29.9 Å². The van der Waals surface area contributed by atoms with Gasteiger partial charge >= 0.3 is 0 Å². The Balaban J connectivity index is 1.79. The van der Waals surface area contributed by atoms with E-state index >= 15 is 0 Å². The Hall–Kier alpha value is -1.95. The van der Waals surface area contributed by atoms with Crippen LogP contribution in [0.5, 0.6) is 0 Å². The third-order valence-corrected chi connectivity index (χ3v) is 5.46. The molecule has 6 heteroatoms. The Morgan fingerprint density at radius 2 is 1.84 bits per heavy atom. The Labute approximate surface area is 156 Å². The third kappa shape index (κ3) is 4.00. The summed E-state index contributed by atoms with van der Waals surface area (Å²) >= 11 is 7.57. The summed E-state index contributed by atoms with van der Waals surface area (Å²) in [4.78, 5) is 19.4. The molecule has 1 aromatic heterocycles. The second kappa shape index (κ2) is 7.52. The summed E-state index contributed by atoms with van der Waals surface area (Å²) in [6.07, 6.45) is 0. The molecule has 2 unspecified atom stereocenters. The highest BCUT2D eigenvalue weighted by molar-refractivity contribution is 7.18. The molecule has 0 saturated carbocycles. The predicted octanol–water partition coefficient (Wildman–Crippen LogP) is 4.43. The highest BCUT2D eigenvalue weighted by Crippen LogP contribution is 2.27. The Morgan fingerprint density at radius 3 is 2.48 bits per heavy atom. The number of hydrogen-bond donors (Lipinski definition) is 1. The number of aromatic nitrogens is 1. The van der Waals surface area contributed by atoms with Crippen LogP contribution in [0.15, 0.2) is 48.5 Å². The SMILES string of the molecule is CC(NC(=O)C(c1ccc(Cl)cc1)N(C)C)c1nc2ccccc2s1. The minimum absolute atomic E-state index is 0.0564. The van der Waals surface area contributed by atoms with E-state index in [0.29, 0.717) is 5.02 Å². The number of thiazole rings is 1. The van der Waals surface area contributed by atoms with Crippen molar-refractivity contribution in [3.05, 3.63) is 64.1 Å². The molecule has 0 spiro atoms. The molecule has 1 N–H and O–H groups in total. The number of hydrogen-bond acceptors (Lipinski definition) is 4. The lowest BCUT2D eigenvalue weighted by Gasteiger charge is -2.25. The van der Waals surface area contributed by atoms with Gasteiger partial charge in [0.2, 0.25) is 5.91 Å². The van der Waals surface area contributed by atoms with Crippen LogP contribution in [0.25, 0.3) is 10.2 Å². The van der Waals surface area contributed by atoms with Crippen molar-refractivity contribution in [3.63, 3.8) is 0 Å². The average Bonchev–Trinajstić information content (AvgIpc) is 3.01. The van der Waals surface area contributed by atoms with Crippen molar-refractivity contribution >= 4 is 39.1 Å². The highest BCUT2D eigenvalue weighted by Gasteiger charge is 2.25. The lowest BCUT2D eigenvalue weighted by molar-refractivity contribution is -0.126. The largest absolute Gasteiger partial charge is 0.345 e.